The minimum absolute atomic E-state index is 0.292. The van der Waals surface area contributed by atoms with Gasteiger partial charge in [-0.1, -0.05) is 33.6 Å². The average molecular weight is 157 g/mol. The van der Waals surface area contributed by atoms with E-state index in [2.05, 4.69) is 6.92 Å². The Morgan fingerprint density at radius 1 is 1.36 bits per heavy atom. The summed E-state index contributed by atoms with van der Waals surface area (Å²) in [5, 5.41) is 10.5. The molecule has 2 nitrogen and oxygen atoms in total. The van der Waals surface area contributed by atoms with Gasteiger partial charge in [-0.25, -0.2) is 9.90 Å². The summed E-state index contributed by atoms with van der Waals surface area (Å²) in [5.41, 5.74) is 0. The Kier molecular flexibility index (Phi) is 4.92. The Morgan fingerprint density at radius 3 is 2.18 bits per heavy atom. The van der Waals surface area contributed by atoms with Crippen molar-refractivity contribution in [2.24, 2.45) is 11.8 Å². The van der Waals surface area contributed by atoms with Gasteiger partial charge < -0.3 is 0 Å². The van der Waals surface area contributed by atoms with Crippen LogP contribution in [0.5, 0.6) is 0 Å². The third kappa shape index (κ3) is 3.40. The topological polar surface area (TPSA) is 37.0 Å². The van der Waals surface area contributed by atoms with Crippen LogP contribution in [0.2, 0.25) is 0 Å². The molecule has 65 valence electrons. The first-order valence-electron chi connectivity index (χ1n) is 4.34. The van der Waals surface area contributed by atoms with E-state index >= 15 is 0 Å². The largest absolute Gasteiger partial charge is 0.358 e. The highest BCUT2D eigenvalue weighted by molar-refractivity contribution is 5.69. The fraction of sp³-hybridized carbons (Fsp3) is 0.889. The fourth-order valence-electron chi connectivity index (χ4n) is 1.37. The van der Waals surface area contributed by atoms with Crippen molar-refractivity contribution < 1.29 is 9.90 Å². The maximum Gasteiger partial charge on any atom is 0.358 e. The van der Waals surface area contributed by atoms with Crippen molar-refractivity contribution in [3.8, 4) is 0 Å². The van der Waals surface area contributed by atoms with Crippen molar-refractivity contribution in [2.75, 3.05) is 0 Å². The molecule has 0 aromatic carbocycles. The van der Waals surface area contributed by atoms with Crippen LogP contribution < -0.4 is 0 Å². The van der Waals surface area contributed by atoms with Crippen LogP contribution in [0.3, 0.4) is 0 Å². The first-order chi connectivity index (χ1) is 5.13. The van der Waals surface area contributed by atoms with Gasteiger partial charge in [0, 0.05) is 0 Å². The molecule has 11 heavy (non-hydrogen) atoms. The van der Waals surface area contributed by atoms with Crippen LogP contribution in [-0.4, -0.2) is 5.97 Å². The van der Waals surface area contributed by atoms with Crippen molar-refractivity contribution in [3.05, 3.63) is 0 Å². The lowest BCUT2D eigenvalue weighted by Gasteiger charge is -2.16. The van der Waals surface area contributed by atoms with E-state index in [4.69, 9.17) is 0 Å². The van der Waals surface area contributed by atoms with Crippen LogP contribution in [0.1, 0.15) is 40.0 Å². The monoisotopic (exact) mass is 157 g/mol. The van der Waals surface area contributed by atoms with Crippen LogP contribution in [-0.2, 0) is 9.90 Å². The summed E-state index contributed by atoms with van der Waals surface area (Å²) in [6.45, 7) is 5.84. The van der Waals surface area contributed by atoms with Gasteiger partial charge in [0.2, 0.25) is 0 Å². The summed E-state index contributed by atoms with van der Waals surface area (Å²) in [4.78, 5) is 10.5. The second-order valence-corrected chi connectivity index (χ2v) is 3.06. The van der Waals surface area contributed by atoms with Crippen LogP contribution >= 0.6 is 0 Å². The molecule has 2 heteroatoms. The average Bonchev–Trinajstić information content (AvgIpc) is 1.98. The molecule has 0 saturated heterocycles. The fourth-order valence-corrected chi connectivity index (χ4v) is 1.37. The summed E-state index contributed by atoms with van der Waals surface area (Å²) in [6.07, 6.45) is 2.98. The zero-order chi connectivity index (χ0) is 8.85. The van der Waals surface area contributed by atoms with Crippen molar-refractivity contribution in [2.45, 2.75) is 40.0 Å². The van der Waals surface area contributed by atoms with E-state index in [-0.39, 0.29) is 5.92 Å². The highest BCUT2D eigenvalue weighted by Gasteiger charge is 2.22. The first kappa shape index (κ1) is 10.5. The van der Waals surface area contributed by atoms with E-state index < -0.39 is 5.97 Å². The summed E-state index contributed by atoms with van der Waals surface area (Å²) >= 11 is 0. The van der Waals surface area contributed by atoms with Gasteiger partial charge >= 0.3 is 5.97 Å². The minimum Gasteiger partial charge on any atom is -0.247 e. The summed E-state index contributed by atoms with van der Waals surface area (Å²) < 4.78 is 0. The molecule has 0 aliphatic heterocycles. The van der Waals surface area contributed by atoms with E-state index in [1.807, 2.05) is 6.92 Å². The molecule has 0 aliphatic carbocycles. The minimum atomic E-state index is -0.912. The lowest BCUT2D eigenvalue weighted by molar-refractivity contribution is -0.149. The molecule has 0 fully saturated rings. The Balaban J connectivity index is 3.91. The molecule has 0 saturated carbocycles. The molecule has 0 aliphatic rings. The maximum absolute atomic E-state index is 10.5. The van der Waals surface area contributed by atoms with Gasteiger partial charge in [0.15, 0.2) is 0 Å². The van der Waals surface area contributed by atoms with Crippen molar-refractivity contribution in [1.29, 1.82) is 0 Å². The number of carbonyl (C=O) groups is 1. The maximum atomic E-state index is 10.5. The Bertz CT molecular complexity index is 121. The van der Waals surface area contributed by atoms with Gasteiger partial charge in [0.05, 0.1) is 5.92 Å². The second kappa shape index (κ2) is 5.16. The first-order valence-corrected chi connectivity index (χ1v) is 4.34. The smallest absolute Gasteiger partial charge is 0.247 e. The van der Waals surface area contributed by atoms with Gasteiger partial charge in [0.1, 0.15) is 0 Å². The third-order valence-corrected chi connectivity index (χ3v) is 2.26. The summed E-state index contributed by atoms with van der Waals surface area (Å²) in [6, 6.07) is 0. The molecular formula is C9H17O2. The van der Waals surface area contributed by atoms with Gasteiger partial charge in [-0.3, -0.25) is 0 Å². The molecule has 0 heterocycles. The molecular weight excluding hydrogens is 140 g/mol. The molecule has 2 unspecified atom stereocenters. The highest BCUT2D eigenvalue weighted by Crippen LogP contribution is 2.20. The van der Waals surface area contributed by atoms with Crippen molar-refractivity contribution in [1.82, 2.24) is 0 Å². The highest BCUT2D eigenvalue weighted by atomic mass is 16.4. The standard InChI is InChI=1S/C9H17O2/c1-4-6-8(5-2)7(3)9(10)11/h7-8H,4-6H2,1-3H3. The quantitative estimate of drug-likeness (QED) is 0.603. The molecule has 0 N–H and O–H groups in total. The summed E-state index contributed by atoms with van der Waals surface area (Å²) in [5.74, 6) is -0.907. The molecule has 1 radical (unpaired) electrons. The predicted molar refractivity (Wildman–Crippen MR) is 43.5 cm³/mol. The third-order valence-electron chi connectivity index (χ3n) is 2.26. The van der Waals surface area contributed by atoms with E-state index in [1.165, 1.54) is 0 Å². The predicted octanol–water partition coefficient (Wildman–Crippen LogP) is 2.41. The van der Waals surface area contributed by atoms with Gasteiger partial charge in [-0.2, -0.15) is 0 Å². The number of rotatable bonds is 5. The molecule has 0 spiro atoms. The van der Waals surface area contributed by atoms with Crippen LogP contribution in [0.15, 0.2) is 0 Å². The van der Waals surface area contributed by atoms with Crippen LogP contribution in [0, 0.1) is 11.8 Å². The Labute approximate surface area is 68.6 Å². The van der Waals surface area contributed by atoms with Crippen LogP contribution in [0.4, 0.5) is 0 Å². The number of hydrogen-bond donors (Lipinski definition) is 0. The van der Waals surface area contributed by atoms with Gasteiger partial charge in [0.25, 0.3) is 0 Å². The Hall–Kier alpha value is -0.530. The Morgan fingerprint density at radius 2 is 1.91 bits per heavy atom. The molecule has 0 aromatic rings. The lowest BCUT2D eigenvalue weighted by atomic mass is 9.88. The summed E-state index contributed by atoms with van der Waals surface area (Å²) in [7, 11) is 0. The van der Waals surface area contributed by atoms with Crippen molar-refractivity contribution >= 4 is 5.97 Å². The SMILES string of the molecule is CCCC(CC)C(C)C([O])=O. The number of hydrogen-bond acceptors (Lipinski definition) is 1. The normalized spacial score (nSPS) is 15.9. The van der Waals surface area contributed by atoms with E-state index in [9.17, 15) is 9.90 Å². The zero-order valence-electron chi connectivity index (χ0n) is 7.59. The van der Waals surface area contributed by atoms with E-state index in [1.54, 1.807) is 6.92 Å². The van der Waals surface area contributed by atoms with E-state index in [0.717, 1.165) is 19.3 Å². The molecule has 0 aromatic heterocycles. The molecule has 2 atom stereocenters. The van der Waals surface area contributed by atoms with E-state index in [0.29, 0.717) is 5.92 Å². The van der Waals surface area contributed by atoms with Crippen LogP contribution in [0.25, 0.3) is 0 Å². The molecule has 0 bridgehead atoms. The van der Waals surface area contributed by atoms with Gasteiger partial charge in [-0.05, 0) is 12.3 Å². The van der Waals surface area contributed by atoms with Crippen molar-refractivity contribution in [3.63, 3.8) is 0 Å². The number of carbonyl (C=O) groups excluding carboxylic acids is 1. The molecule has 0 rings (SSSR count). The zero-order valence-corrected chi connectivity index (χ0v) is 7.59. The van der Waals surface area contributed by atoms with Gasteiger partial charge in [-0.15, -0.1) is 0 Å². The molecule has 0 amide bonds. The lowest BCUT2D eigenvalue weighted by Crippen LogP contribution is -2.18. The second-order valence-electron chi connectivity index (χ2n) is 3.06.